The van der Waals surface area contributed by atoms with Crippen LogP contribution < -0.4 is 0 Å². The van der Waals surface area contributed by atoms with Crippen LogP contribution in [0.5, 0.6) is 0 Å². The highest BCUT2D eigenvalue weighted by atomic mass is 16.7. The van der Waals surface area contributed by atoms with Crippen molar-refractivity contribution < 1.29 is 19.0 Å². The van der Waals surface area contributed by atoms with E-state index in [4.69, 9.17) is 9.47 Å². The van der Waals surface area contributed by atoms with Crippen molar-refractivity contribution >= 4 is 11.7 Å². The van der Waals surface area contributed by atoms with Gasteiger partial charge < -0.3 is 14.2 Å². The number of nitrogens with zero attached hydrogens (tertiary/aromatic N) is 4. The van der Waals surface area contributed by atoms with E-state index in [0.29, 0.717) is 17.3 Å². The molecule has 0 radical (unpaired) electrons. The molecule has 2 aromatic heterocycles. The number of hydrogen-bond donors (Lipinski definition) is 0. The fourth-order valence-electron chi connectivity index (χ4n) is 1.65. The lowest BCUT2D eigenvalue weighted by Gasteiger charge is -2.13. The van der Waals surface area contributed by atoms with Crippen LogP contribution in [0.2, 0.25) is 0 Å². The number of fused-ring (bicyclic) bond motifs is 1. The molecule has 0 aromatic carbocycles. The fraction of sp³-hybridized carbons (Fsp3) is 0.455. The van der Waals surface area contributed by atoms with Gasteiger partial charge in [-0.15, -0.1) is 5.10 Å². The van der Waals surface area contributed by atoms with Crippen molar-refractivity contribution in [2.24, 2.45) is 0 Å². The van der Waals surface area contributed by atoms with Crippen molar-refractivity contribution in [1.29, 1.82) is 0 Å². The molecule has 0 saturated heterocycles. The highest BCUT2D eigenvalue weighted by molar-refractivity contribution is 5.71. The van der Waals surface area contributed by atoms with Crippen LogP contribution in [0.3, 0.4) is 0 Å². The number of rotatable bonds is 5. The third-order valence-electron chi connectivity index (χ3n) is 2.51. The van der Waals surface area contributed by atoms with Crippen LogP contribution in [-0.4, -0.2) is 46.9 Å². The Morgan fingerprint density at radius 2 is 2.11 bits per heavy atom. The molecule has 2 heterocycles. The van der Waals surface area contributed by atoms with E-state index in [0.717, 1.165) is 0 Å². The van der Waals surface area contributed by atoms with Gasteiger partial charge in [-0.25, -0.2) is 4.98 Å². The zero-order valence-corrected chi connectivity index (χ0v) is 10.9. The number of carbonyl (C=O) groups excluding carboxylic acids is 1. The maximum absolute atomic E-state index is 11.2. The average molecular weight is 266 g/mol. The largest absolute Gasteiger partial charge is 0.469 e. The van der Waals surface area contributed by atoms with E-state index >= 15 is 0 Å². The summed E-state index contributed by atoms with van der Waals surface area (Å²) in [5, 5.41) is 4.20. The van der Waals surface area contributed by atoms with Crippen LogP contribution in [0, 0.1) is 0 Å². The van der Waals surface area contributed by atoms with E-state index in [1.807, 2.05) is 0 Å². The van der Waals surface area contributed by atoms with E-state index in [9.17, 15) is 4.79 Å². The molecule has 0 amide bonds. The number of carbonyl (C=O) groups is 1. The predicted molar refractivity (Wildman–Crippen MR) is 63.3 cm³/mol. The zero-order chi connectivity index (χ0) is 13.8. The maximum Gasteiger partial charge on any atom is 0.313 e. The third kappa shape index (κ3) is 2.69. The molecular formula is C11H14N4O4. The van der Waals surface area contributed by atoms with Gasteiger partial charge in [-0.3, -0.25) is 4.79 Å². The molecule has 8 heteroatoms. The molecule has 0 aliphatic heterocycles. The lowest BCUT2D eigenvalue weighted by atomic mass is 10.4. The molecule has 2 aromatic rings. The summed E-state index contributed by atoms with van der Waals surface area (Å²) in [6.07, 6.45) is 0.981. The van der Waals surface area contributed by atoms with Gasteiger partial charge in [0.25, 0.3) is 5.78 Å². The Morgan fingerprint density at radius 3 is 2.74 bits per heavy atom. The molecule has 0 saturated carbocycles. The summed E-state index contributed by atoms with van der Waals surface area (Å²) < 4.78 is 16.4. The molecule has 0 N–H and O–H groups in total. The van der Waals surface area contributed by atoms with E-state index in [2.05, 4.69) is 19.8 Å². The molecule has 0 bridgehead atoms. The van der Waals surface area contributed by atoms with Crippen LogP contribution in [0.1, 0.15) is 17.8 Å². The highest BCUT2D eigenvalue weighted by Gasteiger charge is 2.17. The smallest absolute Gasteiger partial charge is 0.313 e. The summed E-state index contributed by atoms with van der Waals surface area (Å²) >= 11 is 0. The number of ether oxygens (including phenoxy) is 3. The van der Waals surface area contributed by atoms with Gasteiger partial charge in [-0.1, -0.05) is 0 Å². The van der Waals surface area contributed by atoms with Gasteiger partial charge in [-0.2, -0.15) is 9.50 Å². The summed E-state index contributed by atoms with van der Waals surface area (Å²) in [5.41, 5.74) is 0.638. The first-order valence-corrected chi connectivity index (χ1v) is 5.52. The Hall–Kier alpha value is -2.06. The number of methoxy groups -OCH3 is 3. The lowest BCUT2D eigenvalue weighted by Crippen LogP contribution is -2.11. The minimum absolute atomic E-state index is 0.00999. The predicted octanol–water partition coefficient (Wildman–Crippen LogP) is 0.131. The third-order valence-corrected chi connectivity index (χ3v) is 2.51. The van der Waals surface area contributed by atoms with Gasteiger partial charge in [0.2, 0.25) is 6.29 Å². The molecule has 2 rings (SSSR count). The Balaban J connectivity index is 2.41. The molecule has 8 nitrogen and oxygen atoms in total. The first kappa shape index (κ1) is 13.4. The van der Waals surface area contributed by atoms with Crippen molar-refractivity contribution in [3.8, 4) is 0 Å². The zero-order valence-electron chi connectivity index (χ0n) is 10.9. The Labute approximate surface area is 109 Å². The van der Waals surface area contributed by atoms with Crippen LogP contribution in [0.15, 0.2) is 12.3 Å². The second-order valence-electron chi connectivity index (χ2n) is 3.67. The first-order chi connectivity index (χ1) is 9.19. The monoisotopic (exact) mass is 266 g/mol. The maximum atomic E-state index is 11.2. The first-order valence-electron chi connectivity index (χ1n) is 5.52. The normalized spacial score (nSPS) is 11.2. The lowest BCUT2D eigenvalue weighted by molar-refractivity contribution is -0.139. The SMILES string of the molecule is COC(=O)Cc1nc2nccc(C(OC)OC)n2n1. The van der Waals surface area contributed by atoms with E-state index < -0.39 is 12.3 Å². The molecular weight excluding hydrogens is 252 g/mol. The molecule has 0 atom stereocenters. The highest BCUT2D eigenvalue weighted by Crippen LogP contribution is 2.16. The van der Waals surface area contributed by atoms with Crippen molar-refractivity contribution in [1.82, 2.24) is 19.6 Å². The Morgan fingerprint density at radius 1 is 1.37 bits per heavy atom. The van der Waals surface area contributed by atoms with Crippen molar-refractivity contribution in [3.05, 3.63) is 23.8 Å². The van der Waals surface area contributed by atoms with Crippen LogP contribution in [0.4, 0.5) is 0 Å². The van der Waals surface area contributed by atoms with E-state index in [1.165, 1.54) is 25.8 Å². The molecule has 0 spiro atoms. The number of hydrogen-bond acceptors (Lipinski definition) is 7. The molecule has 102 valence electrons. The van der Waals surface area contributed by atoms with Crippen LogP contribution >= 0.6 is 0 Å². The molecule has 19 heavy (non-hydrogen) atoms. The van der Waals surface area contributed by atoms with Gasteiger partial charge in [-0.05, 0) is 6.07 Å². The summed E-state index contributed by atoms with van der Waals surface area (Å²) in [5.74, 6) is 0.292. The standard InChI is InChI=1S/C11H14N4O4/c1-17-9(16)6-8-13-11-12-5-4-7(15(11)14-8)10(18-2)19-3/h4-5,10H,6H2,1-3H3. The second kappa shape index (κ2) is 5.72. The fourth-order valence-corrected chi connectivity index (χ4v) is 1.65. The van der Waals surface area contributed by atoms with Gasteiger partial charge in [0.15, 0.2) is 5.82 Å². The van der Waals surface area contributed by atoms with Crippen molar-refractivity contribution in [3.63, 3.8) is 0 Å². The van der Waals surface area contributed by atoms with Gasteiger partial charge in [0.05, 0.1) is 7.11 Å². The molecule has 0 aliphatic carbocycles. The minimum atomic E-state index is -0.585. The summed E-state index contributed by atoms with van der Waals surface area (Å²) in [7, 11) is 4.35. The molecule has 0 fully saturated rings. The van der Waals surface area contributed by atoms with E-state index in [1.54, 1.807) is 12.3 Å². The van der Waals surface area contributed by atoms with Gasteiger partial charge in [0.1, 0.15) is 12.1 Å². The quantitative estimate of drug-likeness (QED) is 0.561. The number of esters is 1. The minimum Gasteiger partial charge on any atom is -0.469 e. The summed E-state index contributed by atoms with van der Waals surface area (Å²) in [6, 6.07) is 1.71. The van der Waals surface area contributed by atoms with Crippen LogP contribution in [0.25, 0.3) is 5.78 Å². The second-order valence-corrected chi connectivity index (χ2v) is 3.67. The average Bonchev–Trinajstić information content (AvgIpc) is 2.83. The Kier molecular flexibility index (Phi) is 4.03. The van der Waals surface area contributed by atoms with Crippen LogP contribution in [-0.2, 0) is 25.4 Å². The number of aromatic nitrogens is 4. The molecule has 0 aliphatic rings. The summed E-state index contributed by atoms with van der Waals surface area (Å²) in [6.45, 7) is 0. The van der Waals surface area contributed by atoms with Gasteiger partial charge in [0, 0.05) is 20.4 Å². The van der Waals surface area contributed by atoms with Crippen molar-refractivity contribution in [2.75, 3.05) is 21.3 Å². The van der Waals surface area contributed by atoms with E-state index in [-0.39, 0.29) is 6.42 Å². The molecule has 0 unspecified atom stereocenters. The van der Waals surface area contributed by atoms with Crippen molar-refractivity contribution in [2.45, 2.75) is 12.7 Å². The summed E-state index contributed by atoms with van der Waals surface area (Å²) in [4.78, 5) is 19.4. The topological polar surface area (TPSA) is 87.8 Å². The van der Waals surface area contributed by atoms with Gasteiger partial charge >= 0.3 is 5.97 Å². The Bertz CT molecular complexity index is 579.